The van der Waals surface area contributed by atoms with Crippen molar-refractivity contribution in [2.75, 3.05) is 131 Å². The number of ether oxygens (including phenoxy) is 8. The maximum absolute atomic E-state index is 12.6. The number of carbonyl (C=O) groups is 4. The van der Waals surface area contributed by atoms with Crippen molar-refractivity contribution in [3.05, 3.63) is 11.4 Å². The van der Waals surface area contributed by atoms with Crippen LogP contribution in [0.4, 0.5) is 11.6 Å². The number of nitrogen functional groups attached to an aromatic ring is 2. The molecule has 18 heteroatoms. The summed E-state index contributed by atoms with van der Waals surface area (Å²) in [5.41, 5.74) is 11.5. The minimum Gasteiger partial charge on any atom is -0.382 e. The largest absolute Gasteiger partial charge is 0.382 e. The second-order valence-electron chi connectivity index (χ2n) is 10.6. The third-order valence-electron chi connectivity index (χ3n) is 6.60. The number of hydrogen-bond donors (Lipinski definition) is 4. The minimum absolute atomic E-state index is 0.000351. The number of nitrogens with zero attached hydrogens (tertiary/aromatic N) is 2. The Morgan fingerprint density at radius 2 is 0.940 bits per heavy atom. The van der Waals surface area contributed by atoms with E-state index in [1.165, 1.54) is 0 Å². The maximum Gasteiger partial charge on any atom is 0.273 e. The van der Waals surface area contributed by atoms with Crippen LogP contribution < -0.4 is 22.1 Å². The second kappa shape index (κ2) is 30.5. The van der Waals surface area contributed by atoms with Crippen molar-refractivity contribution in [2.45, 2.75) is 38.5 Å². The van der Waals surface area contributed by atoms with Crippen LogP contribution in [0, 0.1) is 0 Å². The van der Waals surface area contributed by atoms with Gasteiger partial charge in [-0.25, -0.2) is 9.97 Å². The number of anilines is 2. The Bertz CT molecular complexity index is 1010. The van der Waals surface area contributed by atoms with E-state index in [0.717, 1.165) is 0 Å². The second-order valence-corrected chi connectivity index (χ2v) is 10.6. The zero-order chi connectivity index (χ0) is 36.7. The molecule has 0 saturated heterocycles. The first kappa shape index (κ1) is 44.7. The maximum atomic E-state index is 12.6. The van der Waals surface area contributed by atoms with E-state index in [2.05, 4.69) is 20.6 Å². The average Bonchev–Trinajstić information content (AvgIpc) is 3.10. The van der Waals surface area contributed by atoms with Crippen LogP contribution in [0.1, 0.15) is 59.5 Å². The third kappa shape index (κ3) is 23.1. The minimum atomic E-state index is -0.622. The lowest BCUT2D eigenvalue weighted by molar-refractivity contribution is -0.122. The van der Waals surface area contributed by atoms with Gasteiger partial charge in [0.15, 0.2) is 28.8 Å². The lowest BCUT2D eigenvalue weighted by atomic mass is 10.1. The Labute approximate surface area is 293 Å². The van der Waals surface area contributed by atoms with E-state index >= 15 is 0 Å². The topological polar surface area (TPSA) is 244 Å². The summed E-state index contributed by atoms with van der Waals surface area (Å²) in [4.78, 5) is 57.3. The fraction of sp³-hybridized carbons (Fsp3) is 0.750. The molecule has 0 fully saturated rings. The highest BCUT2D eigenvalue weighted by Gasteiger charge is 2.20. The molecule has 0 radical (unpaired) electrons. The van der Waals surface area contributed by atoms with Gasteiger partial charge in [0.2, 0.25) is 5.91 Å². The number of amides is 2. The van der Waals surface area contributed by atoms with Gasteiger partial charge in [-0.3, -0.25) is 19.2 Å². The van der Waals surface area contributed by atoms with Crippen molar-refractivity contribution in [2.24, 2.45) is 0 Å². The molecule has 0 saturated carbocycles. The fourth-order valence-corrected chi connectivity index (χ4v) is 3.93. The zero-order valence-corrected chi connectivity index (χ0v) is 29.5. The first-order valence-electron chi connectivity index (χ1n) is 16.8. The summed E-state index contributed by atoms with van der Waals surface area (Å²) in [6.45, 7) is 6.47. The number of carbonyl (C=O) groups excluding carboxylic acids is 4. The number of aromatic nitrogens is 2. The molecule has 0 aliphatic rings. The molecule has 1 aromatic heterocycles. The molecule has 0 bridgehead atoms. The van der Waals surface area contributed by atoms with Gasteiger partial charge >= 0.3 is 0 Å². The van der Waals surface area contributed by atoms with Crippen LogP contribution in [0.5, 0.6) is 0 Å². The highest BCUT2D eigenvalue weighted by molar-refractivity contribution is 6.01. The van der Waals surface area contributed by atoms with E-state index in [0.29, 0.717) is 92.1 Å². The number of ketones is 2. The van der Waals surface area contributed by atoms with Gasteiger partial charge in [-0.05, 0) is 12.8 Å². The molecule has 6 N–H and O–H groups in total. The highest BCUT2D eigenvalue weighted by Crippen LogP contribution is 2.15. The summed E-state index contributed by atoms with van der Waals surface area (Å²) in [7, 11) is 3.21. The van der Waals surface area contributed by atoms with E-state index < -0.39 is 11.7 Å². The Balaban J connectivity index is 2.16. The van der Waals surface area contributed by atoms with Gasteiger partial charge in [-0.2, -0.15) is 0 Å². The number of nitrogens with two attached hydrogens (primary N) is 2. The Hall–Kier alpha value is -3.36. The molecule has 0 aromatic carbocycles. The lowest BCUT2D eigenvalue weighted by Gasteiger charge is -2.10. The highest BCUT2D eigenvalue weighted by atomic mass is 16.6. The summed E-state index contributed by atoms with van der Waals surface area (Å²) in [6.07, 6.45) is 1.45. The molecule has 0 unspecified atom stereocenters. The Kier molecular flexibility index (Phi) is 27.2. The summed E-state index contributed by atoms with van der Waals surface area (Å²) >= 11 is 0. The van der Waals surface area contributed by atoms with Crippen LogP contribution in [0.2, 0.25) is 0 Å². The van der Waals surface area contributed by atoms with Crippen molar-refractivity contribution < 1.29 is 57.1 Å². The fourth-order valence-electron chi connectivity index (χ4n) is 3.93. The summed E-state index contributed by atoms with van der Waals surface area (Å²) in [5, 5.41) is 5.35. The Morgan fingerprint density at radius 1 is 0.520 bits per heavy atom. The van der Waals surface area contributed by atoms with Gasteiger partial charge in [0.25, 0.3) is 5.91 Å². The van der Waals surface area contributed by atoms with Gasteiger partial charge in [-0.15, -0.1) is 0 Å². The van der Waals surface area contributed by atoms with Gasteiger partial charge in [-0.1, -0.05) is 0 Å². The first-order chi connectivity index (χ1) is 24.3. The molecule has 1 rings (SSSR count). The molecule has 286 valence electrons. The van der Waals surface area contributed by atoms with E-state index in [-0.39, 0.29) is 86.7 Å². The molecule has 0 spiro atoms. The number of nitrogens with one attached hydrogen (secondary N) is 2. The molecular weight excluding hydrogens is 660 g/mol. The lowest BCUT2D eigenvalue weighted by Crippen LogP contribution is -2.28. The standard InChI is InChI=1S/C32H56N6O12/c1-43-13-15-47-21-23-49-19-17-45-11-7-25(39)5-3-10-36-32(42)29-31(34)37-28(30(33)38-29)26(40)6-4-9-35-27(41)8-12-46-18-20-50-24-22-48-16-14-44-2/h3-24H2,1-2H3,(H2,33,38)(H2,34,37)(H,35,41)(H,36,42). The normalized spacial score (nSPS) is 11.1. The summed E-state index contributed by atoms with van der Waals surface area (Å²) < 4.78 is 41.8. The van der Waals surface area contributed by atoms with Crippen molar-refractivity contribution in [3.8, 4) is 0 Å². The molecule has 0 aliphatic heterocycles. The number of methoxy groups -OCH3 is 2. The van der Waals surface area contributed by atoms with E-state index in [4.69, 9.17) is 49.4 Å². The molecule has 2 amide bonds. The zero-order valence-electron chi connectivity index (χ0n) is 29.5. The van der Waals surface area contributed by atoms with Crippen molar-refractivity contribution in [1.82, 2.24) is 20.6 Å². The summed E-state index contributed by atoms with van der Waals surface area (Å²) in [5.74, 6) is -1.73. The van der Waals surface area contributed by atoms with Crippen LogP contribution in [0.25, 0.3) is 0 Å². The van der Waals surface area contributed by atoms with Crippen LogP contribution in [-0.2, 0) is 47.5 Å². The van der Waals surface area contributed by atoms with Gasteiger partial charge in [0.1, 0.15) is 5.78 Å². The molecule has 0 aliphatic carbocycles. The van der Waals surface area contributed by atoms with E-state index in [9.17, 15) is 19.2 Å². The van der Waals surface area contributed by atoms with Crippen LogP contribution >= 0.6 is 0 Å². The van der Waals surface area contributed by atoms with Gasteiger partial charge < -0.3 is 60.0 Å². The van der Waals surface area contributed by atoms with E-state index in [1.807, 2.05) is 0 Å². The van der Waals surface area contributed by atoms with E-state index in [1.54, 1.807) is 14.2 Å². The molecule has 18 nitrogen and oxygen atoms in total. The van der Waals surface area contributed by atoms with Crippen molar-refractivity contribution in [1.29, 1.82) is 0 Å². The SMILES string of the molecule is COCCOCCOCCOCCC(=O)CCCNC(=O)c1nc(N)c(C(=O)CCCNC(=O)CCOCCOCCOCCOC)nc1N. The molecule has 1 heterocycles. The van der Waals surface area contributed by atoms with Gasteiger partial charge in [0.05, 0.1) is 92.5 Å². The van der Waals surface area contributed by atoms with Crippen LogP contribution in [0.3, 0.4) is 0 Å². The molecule has 50 heavy (non-hydrogen) atoms. The molecular formula is C32H56N6O12. The van der Waals surface area contributed by atoms with Gasteiger partial charge in [0, 0.05) is 53.0 Å². The predicted molar refractivity (Wildman–Crippen MR) is 182 cm³/mol. The monoisotopic (exact) mass is 716 g/mol. The molecule has 1 aromatic rings. The van der Waals surface area contributed by atoms with Crippen LogP contribution in [-0.4, -0.2) is 153 Å². The average molecular weight is 717 g/mol. The quantitative estimate of drug-likeness (QED) is 0.0540. The van der Waals surface area contributed by atoms with Crippen molar-refractivity contribution >= 4 is 35.0 Å². The Morgan fingerprint density at radius 3 is 1.48 bits per heavy atom. The predicted octanol–water partition coefficient (Wildman–Crippen LogP) is -0.0282. The number of rotatable bonds is 34. The summed E-state index contributed by atoms with van der Waals surface area (Å²) in [6, 6.07) is 0. The first-order valence-corrected chi connectivity index (χ1v) is 16.8. The van der Waals surface area contributed by atoms with Crippen molar-refractivity contribution in [3.63, 3.8) is 0 Å². The number of Topliss-reactive ketones (excluding diaryl/α,β-unsaturated/α-hetero) is 2. The van der Waals surface area contributed by atoms with Crippen LogP contribution in [0.15, 0.2) is 0 Å². The molecule has 0 atom stereocenters. The third-order valence-corrected chi connectivity index (χ3v) is 6.60. The number of hydrogen-bond acceptors (Lipinski definition) is 16. The smallest absolute Gasteiger partial charge is 0.273 e.